The van der Waals surface area contributed by atoms with Gasteiger partial charge in [0.25, 0.3) is 0 Å². The monoisotopic (exact) mass is 340 g/mol. The SMILES string of the molecule is COc1cccc(C(=O)CCC(=O)Nc2ccc3oc(=O)[nH]c3c2)c1. The number of aromatic nitrogens is 1. The van der Waals surface area contributed by atoms with Gasteiger partial charge in [0.15, 0.2) is 11.4 Å². The number of H-pyrrole nitrogens is 1. The highest BCUT2D eigenvalue weighted by Crippen LogP contribution is 2.17. The van der Waals surface area contributed by atoms with Crippen molar-refractivity contribution >= 4 is 28.5 Å². The van der Waals surface area contributed by atoms with E-state index in [4.69, 9.17) is 9.15 Å². The van der Waals surface area contributed by atoms with Gasteiger partial charge in [-0.3, -0.25) is 14.6 Å². The Hall–Kier alpha value is -3.35. The average molecular weight is 340 g/mol. The molecule has 0 aliphatic heterocycles. The minimum Gasteiger partial charge on any atom is -0.497 e. The van der Waals surface area contributed by atoms with Crippen LogP contribution in [0.5, 0.6) is 5.75 Å². The molecule has 0 unspecified atom stereocenters. The number of carbonyl (C=O) groups is 2. The zero-order valence-electron chi connectivity index (χ0n) is 13.5. The maximum atomic E-state index is 12.2. The summed E-state index contributed by atoms with van der Waals surface area (Å²) in [4.78, 5) is 37.8. The van der Waals surface area contributed by atoms with E-state index in [9.17, 15) is 14.4 Å². The maximum absolute atomic E-state index is 12.2. The number of ketones is 1. The number of hydrogen-bond donors (Lipinski definition) is 2. The van der Waals surface area contributed by atoms with Crippen LogP contribution in [0.1, 0.15) is 23.2 Å². The molecule has 7 heteroatoms. The first kappa shape index (κ1) is 16.5. The average Bonchev–Trinajstić information content (AvgIpc) is 2.99. The number of amides is 1. The van der Waals surface area contributed by atoms with Crippen LogP contribution in [0, 0.1) is 0 Å². The van der Waals surface area contributed by atoms with Crippen molar-refractivity contribution in [1.82, 2.24) is 4.98 Å². The van der Waals surface area contributed by atoms with Gasteiger partial charge in [0.05, 0.1) is 12.6 Å². The summed E-state index contributed by atoms with van der Waals surface area (Å²) < 4.78 is 9.98. The molecule has 1 aromatic heterocycles. The highest BCUT2D eigenvalue weighted by atomic mass is 16.5. The number of carbonyl (C=O) groups excluding carboxylic acids is 2. The first-order valence-electron chi connectivity index (χ1n) is 7.65. The largest absolute Gasteiger partial charge is 0.497 e. The van der Waals surface area contributed by atoms with Crippen molar-refractivity contribution in [2.45, 2.75) is 12.8 Å². The molecule has 0 fully saturated rings. The molecular formula is C18H16N2O5. The summed E-state index contributed by atoms with van der Waals surface area (Å²) in [7, 11) is 1.53. The minimum absolute atomic E-state index is 0.0516. The number of hydrogen-bond acceptors (Lipinski definition) is 5. The van der Waals surface area contributed by atoms with Crippen LogP contribution in [0.3, 0.4) is 0 Å². The van der Waals surface area contributed by atoms with E-state index >= 15 is 0 Å². The normalized spacial score (nSPS) is 10.6. The van der Waals surface area contributed by atoms with Crippen LogP contribution < -0.4 is 15.8 Å². The van der Waals surface area contributed by atoms with Gasteiger partial charge in [0.1, 0.15) is 5.75 Å². The third-order valence-electron chi connectivity index (χ3n) is 3.67. The quantitative estimate of drug-likeness (QED) is 0.672. The van der Waals surface area contributed by atoms with Crippen molar-refractivity contribution < 1.29 is 18.7 Å². The van der Waals surface area contributed by atoms with Crippen LogP contribution in [-0.4, -0.2) is 23.8 Å². The summed E-state index contributed by atoms with van der Waals surface area (Å²) in [5.74, 6) is -0.384. The summed E-state index contributed by atoms with van der Waals surface area (Å²) in [5, 5.41) is 2.69. The molecule has 0 aliphatic carbocycles. The number of anilines is 1. The highest BCUT2D eigenvalue weighted by molar-refractivity contribution is 6.00. The molecule has 1 heterocycles. The molecule has 0 aliphatic rings. The van der Waals surface area contributed by atoms with Crippen molar-refractivity contribution in [3.05, 3.63) is 58.6 Å². The van der Waals surface area contributed by atoms with Crippen LogP contribution in [0.2, 0.25) is 0 Å². The molecule has 0 radical (unpaired) electrons. The third-order valence-corrected chi connectivity index (χ3v) is 3.67. The van der Waals surface area contributed by atoms with Gasteiger partial charge in [0, 0.05) is 24.1 Å². The van der Waals surface area contributed by atoms with E-state index in [0.29, 0.717) is 28.1 Å². The summed E-state index contributed by atoms with van der Waals surface area (Å²) in [5.41, 5.74) is 1.93. The van der Waals surface area contributed by atoms with Crippen molar-refractivity contribution in [3.63, 3.8) is 0 Å². The maximum Gasteiger partial charge on any atom is 0.417 e. The Morgan fingerprint density at radius 1 is 1.16 bits per heavy atom. The van der Waals surface area contributed by atoms with E-state index in [0.717, 1.165) is 0 Å². The number of aromatic amines is 1. The Labute approximate surface area is 142 Å². The van der Waals surface area contributed by atoms with Crippen molar-refractivity contribution in [3.8, 4) is 5.75 Å². The molecule has 0 saturated carbocycles. The smallest absolute Gasteiger partial charge is 0.417 e. The fraction of sp³-hybridized carbons (Fsp3) is 0.167. The van der Waals surface area contributed by atoms with Crippen LogP contribution in [0.4, 0.5) is 5.69 Å². The Bertz CT molecular complexity index is 986. The lowest BCUT2D eigenvalue weighted by Crippen LogP contribution is -2.13. The van der Waals surface area contributed by atoms with Crippen LogP contribution >= 0.6 is 0 Å². The zero-order valence-corrected chi connectivity index (χ0v) is 13.5. The molecule has 0 atom stereocenters. The number of fused-ring (bicyclic) bond motifs is 1. The van der Waals surface area contributed by atoms with Gasteiger partial charge in [0.2, 0.25) is 5.91 Å². The predicted molar refractivity (Wildman–Crippen MR) is 92.0 cm³/mol. The molecule has 0 spiro atoms. The summed E-state index contributed by atoms with van der Waals surface area (Å²) in [6, 6.07) is 11.6. The number of ether oxygens (including phenoxy) is 1. The summed E-state index contributed by atoms with van der Waals surface area (Å²) in [6.07, 6.45) is 0.139. The second kappa shape index (κ2) is 7.04. The fourth-order valence-electron chi connectivity index (χ4n) is 2.42. The molecular weight excluding hydrogens is 324 g/mol. The molecule has 1 amide bonds. The van der Waals surface area contributed by atoms with Gasteiger partial charge in [-0.15, -0.1) is 0 Å². The number of methoxy groups -OCH3 is 1. The molecule has 0 saturated heterocycles. The predicted octanol–water partition coefficient (Wildman–Crippen LogP) is 2.73. The molecule has 128 valence electrons. The molecule has 0 bridgehead atoms. The Kier molecular flexibility index (Phi) is 4.65. The number of Topliss-reactive ketones (excluding diaryl/α,β-unsaturated/α-hetero) is 1. The van der Waals surface area contributed by atoms with Gasteiger partial charge < -0.3 is 14.5 Å². The number of rotatable bonds is 6. The molecule has 7 nitrogen and oxygen atoms in total. The Balaban J connectivity index is 1.59. The summed E-state index contributed by atoms with van der Waals surface area (Å²) in [6.45, 7) is 0. The fourth-order valence-corrected chi connectivity index (χ4v) is 2.42. The lowest BCUT2D eigenvalue weighted by atomic mass is 10.1. The molecule has 2 aromatic carbocycles. The second-order valence-corrected chi connectivity index (χ2v) is 5.43. The van der Waals surface area contributed by atoms with Gasteiger partial charge in [-0.1, -0.05) is 12.1 Å². The van der Waals surface area contributed by atoms with Crippen LogP contribution in [-0.2, 0) is 4.79 Å². The van der Waals surface area contributed by atoms with Gasteiger partial charge >= 0.3 is 5.76 Å². The molecule has 2 N–H and O–H groups in total. The van der Waals surface area contributed by atoms with Gasteiger partial charge in [-0.25, -0.2) is 4.79 Å². The Morgan fingerprint density at radius 3 is 2.80 bits per heavy atom. The topological polar surface area (TPSA) is 101 Å². The number of oxazole rings is 1. The van der Waals surface area contributed by atoms with Crippen LogP contribution in [0.25, 0.3) is 11.1 Å². The van der Waals surface area contributed by atoms with Gasteiger partial charge in [-0.05, 0) is 30.3 Å². The lowest BCUT2D eigenvalue weighted by molar-refractivity contribution is -0.116. The van der Waals surface area contributed by atoms with E-state index in [1.807, 2.05) is 0 Å². The standard InChI is InChI=1S/C18H16N2O5/c1-24-13-4-2-3-11(9-13)15(21)6-8-17(22)19-12-5-7-16-14(10-12)20-18(23)25-16/h2-5,7,9-10H,6,8H2,1H3,(H,19,22)(H,20,23). The van der Waals surface area contributed by atoms with E-state index in [2.05, 4.69) is 10.3 Å². The minimum atomic E-state index is -0.553. The first-order valence-corrected chi connectivity index (χ1v) is 7.65. The zero-order chi connectivity index (χ0) is 17.8. The van der Waals surface area contributed by atoms with E-state index in [1.165, 1.54) is 7.11 Å². The van der Waals surface area contributed by atoms with Gasteiger partial charge in [-0.2, -0.15) is 0 Å². The van der Waals surface area contributed by atoms with Crippen LogP contribution in [0.15, 0.2) is 51.7 Å². The first-order chi connectivity index (χ1) is 12.0. The molecule has 3 rings (SSSR count). The van der Waals surface area contributed by atoms with E-state index < -0.39 is 5.76 Å². The molecule has 3 aromatic rings. The highest BCUT2D eigenvalue weighted by Gasteiger charge is 2.11. The van der Waals surface area contributed by atoms with Crippen molar-refractivity contribution in [2.75, 3.05) is 12.4 Å². The third kappa shape index (κ3) is 3.95. The number of nitrogens with one attached hydrogen (secondary N) is 2. The summed E-state index contributed by atoms with van der Waals surface area (Å²) >= 11 is 0. The van der Waals surface area contributed by atoms with Crippen molar-refractivity contribution in [2.24, 2.45) is 0 Å². The van der Waals surface area contributed by atoms with E-state index in [-0.39, 0.29) is 24.5 Å². The second-order valence-electron chi connectivity index (χ2n) is 5.43. The molecule has 25 heavy (non-hydrogen) atoms. The Morgan fingerprint density at radius 2 is 2.00 bits per heavy atom. The van der Waals surface area contributed by atoms with E-state index in [1.54, 1.807) is 42.5 Å². The van der Waals surface area contributed by atoms with Crippen molar-refractivity contribution in [1.29, 1.82) is 0 Å². The number of benzene rings is 2. The lowest BCUT2D eigenvalue weighted by Gasteiger charge is -2.06.